The summed E-state index contributed by atoms with van der Waals surface area (Å²) in [7, 11) is -3.69. The lowest BCUT2D eigenvalue weighted by atomic mass is 9.95. The Balaban J connectivity index is 2.04. The van der Waals surface area contributed by atoms with Gasteiger partial charge in [-0.25, -0.2) is 8.42 Å². The first-order valence-corrected chi connectivity index (χ1v) is 10.8. The number of nitrogens with zero attached hydrogens (tertiary/aromatic N) is 1. The van der Waals surface area contributed by atoms with Gasteiger partial charge in [0.25, 0.3) is 0 Å². The zero-order chi connectivity index (χ0) is 21.1. The average Bonchev–Trinajstić information content (AvgIpc) is 3.11. The molecular weight excluding hydrogens is 382 g/mol. The number of hydrogen-bond donors (Lipinski definition) is 3. The molecule has 0 saturated carbocycles. The van der Waals surface area contributed by atoms with Crippen LogP contribution in [0, 0.1) is 5.41 Å². The van der Waals surface area contributed by atoms with Crippen LogP contribution in [0.15, 0.2) is 29.2 Å². The molecular formula is C19H29N3O5S. The monoisotopic (exact) mass is 411 g/mol. The molecule has 0 bridgehead atoms. The van der Waals surface area contributed by atoms with E-state index in [0.717, 1.165) is 6.42 Å². The Hall–Kier alpha value is -1.97. The Kier molecular flexibility index (Phi) is 6.84. The third-order valence-electron chi connectivity index (χ3n) is 4.68. The molecule has 0 radical (unpaired) electrons. The van der Waals surface area contributed by atoms with Crippen LogP contribution in [-0.4, -0.2) is 54.9 Å². The SMILES string of the molecule is CC(NC(=O)C(C)(C)C)C(=O)Nc1ccc(S(=O)(=O)N2CCCC2CO)cc1. The topological polar surface area (TPSA) is 116 Å². The summed E-state index contributed by atoms with van der Waals surface area (Å²) in [5, 5.41) is 14.7. The molecule has 1 aliphatic rings. The molecule has 8 nitrogen and oxygen atoms in total. The number of amides is 2. The molecule has 0 spiro atoms. The van der Waals surface area contributed by atoms with E-state index in [4.69, 9.17) is 0 Å². The first-order chi connectivity index (χ1) is 13.0. The molecule has 3 N–H and O–H groups in total. The van der Waals surface area contributed by atoms with Crippen molar-refractivity contribution in [3.05, 3.63) is 24.3 Å². The third-order valence-corrected chi connectivity index (χ3v) is 6.65. The van der Waals surface area contributed by atoms with Gasteiger partial charge in [-0.2, -0.15) is 4.31 Å². The van der Waals surface area contributed by atoms with E-state index in [0.29, 0.717) is 18.7 Å². The minimum Gasteiger partial charge on any atom is -0.395 e. The highest BCUT2D eigenvalue weighted by Gasteiger charge is 2.34. The predicted octanol–water partition coefficient (Wildman–Crippen LogP) is 1.32. The predicted molar refractivity (Wildman–Crippen MR) is 106 cm³/mol. The highest BCUT2D eigenvalue weighted by molar-refractivity contribution is 7.89. The van der Waals surface area contributed by atoms with Crippen molar-refractivity contribution in [2.75, 3.05) is 18.5 Å². The molecule has 2 atom stereocenters. The fourth-order valence-corrected chi connectivity index (χ4v) is 4.57. The molecule has 1 fully saturated rings. The van der Waals surface area contributed by atoms with Gasteiger partial charge >= 0.3 is 0 Å². The van der Waals surface area contributed by atoms with E-state index in [9.17, 15) is 23.1 Å². The first-order valence-electron chi connectivity index (χ1n) is 9.31. The van der Waals surface area contributed by atoms with Gasteiger partial charge in [-0.15, -0.1) is 0 Å². The van der Waals surface area contributed by atoms with Gasteiger partial charge in [0.2, 0.25) is 21.8 Å². The average molecular weight is 412 g/mol. The van der Waals surface area contributed by atoms with Crippen LogP contribution in [0.5, 0.6) is 0 Å². The van der Waals surface area contributed by atoms with Crippen LogP contribution < -0.4 is 10.6 Å². The van der Waals surface area contributed by atoms with Crippen molar-refractivity contribution in [1.29, 1.82) is 0 Å². The minimum absolute atomic E-state index is 0.111. The third kappa shape index (κ3) is 5.09. The maximum absolute atomic E-state index is 12.7. The number of carbonyl (C=O) groups excluding carboxylic acids is 2. The second-order valence-corrected chi connectivity index (χ2v) is 9.94. The molecule has 1 saturated heterocycles. The van der Waals surface area contributed by atoms with E-state index in [1.165, 1.54) is 28.6 Å². The van der Waals surface area contributed by atoms with E-state index in [1.54, 1.807) is 27.7 Å². The summed E-state index contributed by atoms with van der Waals surface area (Å²) in [6.45, 7) is 7.04. The Morgan fingerprint density at radius 3 is 2.39 bits per heavy atom. The van der Waals surface area contributed by atoms with Gasteiger partial charge in [-0.3, -0.25) is 9.59 Å². The number of hydrogen-bond acceptors (Lipinski definition) is 5. The molecule has 2 unspecified atom stereocenters. The summed E-state index contributed by atoms with van der Waals surface area (Å²) < 4.78 is 26.8. The molecule has 1 heterocycles. The molecule has 2 rings (SSSR count). The lowest BCUT2D eigenvalue weighted by molar-refractivity contribution is -0.131. The number of rotatable bonds is 6. The number of benzene rings is 1. The van der Waals surface area contributed by atoms with Crippen LogP contribution in [0.3, 0.4) is 0 Å². The van der Waals surface area contributed by atoms with Crippen LogP contribution in [0.25, 0.3) is 0 Å². The van der Waals surface area contributed by atoms with Crippen molar-refractivity contribution in [1.82, 2.24) is 9.62 Å². The number of aliphatic hydroxyl groups excluding tert-OH is 1. The van der Waals surface area contributed by atoms with Crippen molar-refractivity contribution in [2.24, 2.45) is 5.41 Å². The van der Waals surface area contributed by atoms with Gasteiger partial charge in [-0.1, -0.05) is 20.8 Å². The lowest BCUT2D eigenvalue weighted by Crippen LogP contribution is -2.46. The fourth-order valence-electron chi connectivity index (χ4n) is 2.88. The molecule has 1 aromatic rings. The van der Waals surface area contributed by atoms with Gasteiger partial charge < -0.3 is 15.7 Å². The molecule has 1 aliphatic heterocycles. The van der Waals surface area contributed by atoms with E-state index in [1.807, 2.05) is 0 Å². The second kappa shape index (κ2) is 8.59. The smallest absolute Gasteiger partial charge is 0.246 e. The number of aliphatic hydroxyl groups is 1. The summed E-state index contributed by atoms with van der Waals surface area (Å²) in [6, 6.07) is 4.74. The molecule has 2 amide bonds. The van der Waals surface area contributed by atoms with Crippen molar-refractivity contribution < 1.29 is 23.1 Å². The van der Waals surface area contributed by atoms with E-state index < -0.39 is 33.4 Å². The van der Waals surface area contributed by atoms with Crippen molar-refractivity contribution >= 4 is 27.5 Å². The maximum atomic E-state index is 12.7. The first kappa shape index (κ1) is 22.3. The molecule has 1 aromatic carbocycles. The van der Waals surface area contributed by atoms with E-state index in [2.05, 4.69) is 10.6 Å². The standard InChI is InChI=1S/C19H29N3O5S/c1-13(20-18(25)19(2,3)4)17(24)21-14-7-9-16(10-8-14)28(26,27)22-11-5-6-15(22)12-23/h7-10,13,15,23H,5-6,11-12H2,1-4H3,(H,20,25)(H,21,24). The van der Waals surface area contributed by atoms with Crippen LogP contribution in [0.2, 0.25) is 0 Å². The number of sulfonamides is 1. The number of anilines is 1. The Morgan fingerprint density at radius 2 is 1.86 bits per heavy atom. The Bertz CT molecular complexity index is 815. The van der Waals surface area contributed by atoms with Crippen LogP contribution in [0.4, 0.5) is 5.69 Å². The van der Waals surface area contributed by atoms with Gasteiger partial charge in [0.05, 0.1) is 11.5 Å². The molecule has 156 valence electrons. The normalized spacial score (nSPS) is 19.2. The zero-order valence-corrected chi connectivity index (χ0v) is 17.5. The van der Waals surface area contributed by atoms with E-state index >= 15 is 0 Å². The lowest BCUT2D eigenvalue weighted by Gasteiger charge is -2.23. The molecule has 0 aliphatic carbocycles. The van der Waals surface area contributed by atoms with Gasteiger partial charge in [0.1, 0.15) is 6.04 Å². The second-order valence-electron chi connectivity index (χ2n) is 8.05. The summed E-state index contributed by atoms with van der Waals surface area (Å²) >= 11 is 0. The highest BCUT2D eigenvalue weighted by atomic mass is 32.2. The summed E-state index contributed by atoms with van der Waals surface area (Å²) in [5.41, 5.74) is -0.173. The van der Waals surface area contributed by atoms with Gasteiger partial charge in [0.15, 0.2) is 0 Å². The number of carbonyl (C=O) groups is 2. The fraction of sp³-hybridized carbons (Fsp3) is 0.579. The van der Waals surface area contributed by atoms with Crippen molar-refractivity contribution in [2.45, 2.75) is 57.5 Å². The molecule has 0 aromatic heterocycles. The Morgan fingerprint density at radius 1 is 1.25 bits per heavy atom. The largest absolute Gasteiger partial charge is 0.395 e. The summed E-state index contributed by atoms with van der Waals surface area (Å²) in [5.74, 6) is -0.631. The number of nitrogens with one attached hydrogen (secondary N) is 2. The van der Waals surface area contributed by atoms with Crippen molar-refractivity contribution in [3.63, 3.8) is 0 Å². The maximum Gasteiger partial charge on any atom is 0.246 e. The van der Waals surface area contributed by atoms with Crippen LogP contribution >= 0.6 is 0 Å². The van der Waals surface area contributed by atoms with Crippen LogP contribution in [0.1, 0.15) is 40.5 Å². The van der Waals surface area contributed by atoms with Crippen molar-refractivity contribution in [3.8, 4) is 0 Å². The zero-order valence-electron chi connectivity index (χ0n) is 16.7. The quantitative estimate of drug-likeness (QED) is 0.653. The van der Waals surface area contributed by atoms with Crippen LogP contribution in [-0.2, 0) is 19.6 Å². The highest BCUT2D eigenvalue weighted by Crippen LogP contribution is 2.26. The van der Waals surface area contributed by atoms with Gasteiger partial charge in [-0.05, 0) is 44.0 Å². The molecule has 9 heteroatoms. The van der Waals surface area contributed by atoms with E-state index in [-0.39, 0.29) is 17.4 Å². The summed E-state index contributed by atoms with van der Waals surface area (Å²) in [6.07, 6.45) is 1.36. The molecule has 28 heavy (non-hydrogen) atoms. The van der Waals surface area contributed by atoms with Gasteiger partial charge in [0, 0.05) is 23.7 Å². The Labute approximate surface area is 166 Å². The summed E-state index contributed by atoms with van der Waals surface area (Å²) in [4.78, 5) is 24.4. The minimum atomic E-state index is -3.69.